The second-order valence-corrected chi connectivity index (χ2v) is 14.5. The molecule has 1 heterocycles. The summed E-state index contributed by atoms with van der Waals surface area (Å²) in [5.41, 5.74) is 1.90. The van der Waals surface area contributed by atoms with Crippen LogP contribution in [0.4, 0.5) is 0 Å². The third-order valence-electron chi connectivity index (χ3n) is 11.8. The maximum Gasteiger partial charge on any atom is 0.314 e. The monoisotopic (exact) mass is 496 g/mol. The van der Waals surface area contributed by atoms with Crippen LogP contribution in [0.3, 0.4) is 0 Å². The standard InChI is InChI=1S/C32H48O4/c1-20(2)10-9-16-31(8)25-14-18-30(7)23-11-12-24-28(4,5)26(35-21(3)33)15-17-29(24,6)22(23)13-19-32(25,30)27(34)36-31/h11,13,20,24-26H,9-10,12,14-19H2,1-8H3/t24-,25+,26-,29+,30-,31-,32+/m0/s1. The van der Waals surface area contributed by atoms with E-state index >= 15 is 0 Å². The van der Waals surface area contributed by atoms with Gasteiger partial charge in [0.2, 0.25) is 0 Å². The van der Waals surface area contributed by atoms with Gasteiger partial charge in [-0.25, -0.2) is 0 Å². The van der Waals surface area contributed by atoms with Gasteiger partial charge in [-0.3, -0.25) is 9.59 Å². The molecule has 4 nitrogen and oxygen atoms in total. The number of rotatable bonds is 5. The van der Waals surface area contributed by atoms with E-state index in [4.69, 9.17) is 9.47 Å². The Kier molecular flexibility index (Phi) is 5.94. The average molecular weight is 497 g/mol. The molecular formula is C32H48O4. The third-order valence-corrected chi connectivity index (χ3v) is 11.8. The van der Waals surface area contributed by atoms with Gasteiger partial charge < -0.3 is 9.47 Å². The lowest BCUT2D eigenvalue weighted by Gasteiger charge is -2.60. The maximum absolute atomic E-state index is 13.9. The van der Waals surface area contributed by atoms with E-state index < -0.39 is 5.41 Å². The van der Waals surface area contributed by atoms with E-state index in [2.05, 4.69) is 60.6 Å². The largest absolute Gasteiger partial charge is 0.462 e. The Balaban J connectivity index is 1.50. The Labute approximate surface area is 218 Å². The molecule has 0 N–H and O–H groups in total. The summed E-state index contributed by atoms with van der Waals surface area (Å²) >= 11 is 0. The molecule has 5 aliphatic rings. The zero-order chi connectivity index (χ0) is 26.3. The van der Waals surface area contributed by atoms with Crippen molar-refractivity contribution in [2.24, 2.45) is 39.4 Å². The first-order valence-corrected chi connectivity index (χ1v) is 14.5. The summed E-state index contributed by atoms with van der Waals surface area (Å²) in [6.45, 7) is 17.7. The molecule has 200 valence electrons. The normalized spacial score (nSPS) is 44.6. The van der Waals surface area contributed by atoms with Gasteiger partial charge in [-0.2, -0.15) is 0 Å². The van der Waals surface area contributed by atoms with Crippen LogP contribution in [-0.2, 0) is 19.1 Å². The Morgan fingerprint density at radius 3 is 2.44 bits per heavy atom. The van der Waals surface area contributed by atoms with Crippen molar-refractivity contribution in [3.05, 3.63) is 23.3 Å². The number of ether oxygens (including phenoxy) is 2. The summed E-state index contributed by atoms with van der Waals surface area (Å²) in [6.07, 6.45) is 14.0. The van der Waals surface area contributed by atoms with E-state index in [1.54, 1.807) is 0 Å². The highest BCUT2D eigenvalue weighted by Gasteiger charge is 2.74. The number of allylic oxidation sites excluding steroid dienone is 4. The van der Waals surface area contributed by atoms with E-state index in [0.29, 0.717) is 11.8 Å². The van der Waals surface area contributed by atoms with Crippen molar-refractivity contribution in [2.75, 3.05) is 0 Å². The zero-order valence-corrected chi connectivity index (χ0v) is 24.0. The molecule has 7 atom stereocenters. The number of cyclic esters (lactones) is 1. The summed E-state index contributed by atoms with van der Waals surface area (Å²) in [7, 11) is 0. The van der Waals surface area contributed by atoms with Crippen LogP contribution < -0.4 is 0 Å². The highest BCUT2D eigenvalue weighted by atomic mass is 16.6. The molecule has 4 heteroatoms. The number of hydrogen-bond acceptors (Lipinski definition) is 4. The van der Waals surface area contributed by atoms with Gasteiger partial charge in [-0.1, -0.05) is 60.1 Å². The van der Waals surface area contributed by atoms with Gasteiger partial charge in [0.05, 0.1) is 5.41 Å². The molecule has 1 spiro atoms. The quantitative estimate of drug-likeness (QED) is 0.368. The fourth-order valence-corrected chi connectivity index (χ4v) is 9.87. The van der Waals surface area contributed by atoms with Gasteiger partial charge in [-0.15, -0.1) is 0 Å². The number of carbonyl (C=O) groups excluding carboxylic acids is 2. The average Bonchev–Trinajstić information content (AvgIpc) is 3.20. The van der Waals surface area contributed by atoms with Crippen LogP contribution in [-0.4, -0.2) is 23.6 Å². The van der Waals surface area contributed by atoms with Crippen LogP contribution in [0.15, 0.2) is 23.3 Å². The van der Waals surface area contributed by atoms with Crippen LogP contribution >= 0.6 is 0 Å². The van der Waals surface area contributed by atoms with Crippen LogP contribution in [0.2, 0.25) is 0 Å². The first-order chi connectivity index (χ1) is 16.7. The lowest BCUT2D eigenvalue weighted by Crippen LogP contribution is -2.56. The summed E-state index contributed by atoms with van der Waals surface area (Å²) in [5, 5.41) is 0. The number of esters is 2. The molecule has 0 amide bonds. The molecule has 1 saturated heterocycles. The Morgan fingerprint density at radius 1 is 1.06 bits per heavy atom. The lowest BCUT2D eigenvalue weighted by atomic mass is 9.44. The Bertz CT molecular complexity index is 1020. The van der Waals surface area contributed by atoms with Gasteiger partial charge in [0, 0.05) is 23.7 Å². The predicted octanol–water partition coefficient (Wildman–Crippen LogP) is 7.57. The first kappa shape index (κ1) is 26.0. The molecule has 3 fully saturated rings. The molecule has 0 unspecified atom stereocenters. The van der Waals surface area contributed by atoms with Crippen LogP contribution in [0.25, 0.3) is 0 Å². The van der Waals surface area contributed by atoms with Gasteiger partial charge in [0.1, 0.15) is 11.7 Å². The van der Waals surface area contributed by atoms with Gasteiger partial charge >= 0.3 is 11.9 Å². The molecule has 0 aromatic carbocycles. The van der Waals surface area contributed by atoms with Crippen LogP contribution in [0.5, 0.6) is 0 Å². The summed E-state index contributed by atoms with van der Waals surface area (Å²) < 4.78 is 12.2. The molecule has 1 aliphatic heterocycles. The van der Waals surface area contributed by atoms with Crippen molar-refractivity contribution in [3.63, 3.8) is 0 Å². The highest BCUT2D eigenvalue weighted by Crippen LogP contribution is 2.75. The molecule has 4 aliphatic carbocycles. The molecule has 0 bridgehead atoms. The van der Waals surface area contributed by atoms with Gasteiger partial charge in [0.25, 0.3) is 0 Å². The molecular weight excluding hydrogens is 448 g/mol. The SMILES string of the molecule is CC(=O)O[C@H]1CC[C@]2(C)C3=CC[C@]45C(=O)O[C@@](C)(CCCC(C)C)[C@H]4CC[C@@]5(C)C3=CC[C@H]2C1(C)C. The highest BCUT2D eigenvalue weighted by molar-refractivity contribution is 5.84. The van der Waals surface area contributed by atoms with Crippen molar-refractivity contribution in [2.45, 2.75) is 125 Å². The minimum absolute atomic E-state index is 0.0377. The summed E-state index contributed by atoms with van der Waals surface area (Å²) in [6, 6.07) is 0. The second kappa shape index (κ2) is 8.21. The van der Waals surface area contributed by atoms with Gasteiger partial charge in [0.15, 0.2) is 0 Å². The van der Waals surface area contributed by atoms with Crippen molar-refractivity contribution >= 4 is 11.9 Å². The topological polar surface area (TPSA) is 52.6 Å². The van der Waals surface area contributed by atoms with Crippen molar-refractivity contribution in [3.8, 4) is 0 Å². The maximum atomic E-state index is 13.9. The third kappa shape index (κ3) is 3.30. The minimum atomic E-state index is -0.428. The van der Waals surface area contributed by atoms with E-state index in [9.17, 15) is 9.59 Å². The smallest absolute Gasteiger partial charge is 0.314 e. The van der Waals surface area contributed by atoms with Crippen molar-refractivity contribution < 1.29 is 19.1 Å². The molecule has 0 aromatic rings. The van der Waals surface area contributed by atoms with Gasteiger partial charge in [-0.05, 0) is 86.7 Å². The first-order valence-electron chi connectivity index (χ1n) is 14.5. The predicted molar refractivity (Wildman–Crippen MR) is 142 cm³/mol. The van der Waals surface area contributed by atoms with Crippen molar-refractivity contribution in [1.82, 2.24) is 0 Å². The van der Waals surface area contributed by atoms with Crippen LogP contribution in [0.1, 0.15) is 113 Å². The molecule has 36 heavy (non-hydrogen) atoms. The summed E-state index contributed by atoms with van der Waals surface area (Å²) in [4.78, 5) is 25.7. The molecule has 0 aromatic heterocycles. The van der Waals surface area contributed by atoms with Crippen LogP contribution in [0, 0.1) is 39.4 Å². The Morgan fingerprint density at radius 2 is 1.78 bits per heavy atom. The fourth-order valence-electron chi connectivity index (χ4n) is 9.87. The fraction of sp³-hybridized carbons (Fsp3) is 0.812. The number of carbonyl (C=O) groups is 2. The minimum Gasteiger partial charge on any atom is -0.462 e. The lowest BCUT2D eigenvalue weighted by molar-refractivity contribution is -0.165. The van der Waals surface area contributed by atoms with E-state index in [1.165, 1.54) is 24.5 Å². The summed E-state index contributed by atoms with van der Waals surface area (Å²) in [5.74, 6) is 1.25. The number of fused-ring (bicyclic) bond motifs is 4. The Hall–Kier alpha value is -1.58. The number of hydrogen-bond donors (Lipinski definition) is 0. The molecule has 5 rings (SSSR count). The molecule has 0 radical (unpaired) electrons. The van der Waals surface area contributed by atoms with Crippen molar-refractivity contribution in [1.29, 1.82) is 0 Å². The molecule has 2 saturated carbocycles. The van der Waals surface area contributed by atoms with E-state index in [1.807, 2.05) is 0 Å². The zero-order valence-electron chi connectivity index (χ0n) is 24.0. The van der Waals surface area contributed by atoms with E-state index in [-0.39, 0.29) is 45.8 Å². The second-order valence-electron chi connectivity index (χ2n) is 14.5. The van der Waals surface area contributed by atoms with E-state index in [0.717, 1.165) is 51.4 Å².